The second-order valence-electron chi connectivity index (χ2n) is 6.48. The third-order valence-corrected chi connectivity index (χ3v) is 4.05. The first-order valence-electron chi connectivity index (χ1n) is 7.05. The molecule has 2 atom stereocenters. The first kappa shape index (κ1) is 14.9. The third kappa shape index (κ3) is 4.94. The molecule has 0 aromatic heterocycles. The molecule has 1 saturated heterocycles. The molecule has 2 unspecified atom stereocenters. The minimum absolute atomic E-state index is 0.181. The maximum Gasteiger partial charge on any atom is 0.0586 e. The van der Waals surface area contributed by atoms with Gasteiger partial charge in [-0.05, 0) is 31.2 Å². The third-order valence-electron chi connectivity index (χ3n) is 4.05. The Balaban J connectivity index is 2.42. The summed E-state index contributed by atoms with van der Waals surface area (Å²) in [5.41, 5.74) is 6.39. The molecule has 3 nitrogen and oxygen atoms in total. The van der Waals surface area contributed by atoms with E-state index < -0.39 is 0 Å². The Morgan fingerprint density at radius 3 is 2.59 bits per heavy atom. The van der Waals surface area contributed by atoms with Gasteiger partial charge in [0.2, 0.25) is 0 Å². The fourth-order valence-electron chi connectivity index (χ4n) is 2.48. The summed E-state index contributed by atoms with van der Waals surface area (Å²) in [6, 6.07) is 0.606. The van der Waals surface area contributed by atoms with Crippen LogP contribution < -0.4 is 5.73 Å². The minimum Gasteiger partial charge on any atom is -0.395 e. The molecule has 0 radical (unpaired) electrons. The van der Waals surface area contributed by atoms with Crippen molar-refractivity contribution in [3.8, 4) is 0 Å². The Bertz CT molecular complexity index is 213. The van der Waals surface area contributed by atoms with E-state index in [9.17, 15) is 5.11 Å². The monoisotopic (exact) mass is 242 g/mol. The maximum atomic E-state index is 9.44. The number of rotatable bonds is 4. The molecule has 0 saturated carbocycles. The van der Waals surface area contributed by atoms with Crippen LogP contribution in [0, 0.1) is 5.41 Å². The van der Waals surface area contributed by atoms with Crippen LogP contribution in [0.25, 0.3) is 0 Å². The van der Waals surface area contributed by atoms with Gasteiger partial charge in [-0.1, -0.05) is 33.6 Å². The average molecular weight is 242 g/mol. The van der Waals surface area contributed by atoms with Crippen molar-refractivity contribution in [2.45, 2.75) is 65.0 Å². The number of nitrogens with zero attached hydrogens (tertiary/aromatic N) is 1. The summed E-state index contributed by atoms with van der Waals surface area (Å²) in [6.07, 6.45) is 5.99. The van der Waals surface area contributed by atoms with Crippen LogP contribution in [0.5, 0.6) is 0 Å². The summed E-state index contributed by atoms with van der Waals surface area (Å²) >= 11 is 0. The van der Waals surface area contributed by atoms with Gasteiger partial charge < -0.3 is 10.8 Å². The summed E-state index contributed by atoms with van der Waals surface area (Å²) in [4.78, 5) is 2.44. The largest absolute Gasteiger partial charge is 0.395 e. The zero-order chi connectivity index (χ0) is 12.9. The van der Waals surface area contributed by atoms with Gasteiger partial charge in [-0.3, -0.25) is 4.90 Å². The van der Waals surface area contributed by atoms with E-state index in [1.807, 2.05) is 0 Å². The van der Waals surface area contributed by atoms with E-state index in [4.69, 9.17) is 5.73 Å². The second-order valence-corrected chi connectivity index (χ2v) is 6.48. The Hall–Kier alpha value is -0.120. The van der Waals surface area contributed by atoms with Crippen LogP contribution in [-0.2, 0) is 0 Å². The van der Waals surface area contributed by atoms with E-state index in [1.54, 1.807) is 0 Å². The van der Waals surface area contributed by atoms with E-state index in [2.05, 4.69) is 25.7 Å². The lowest BCUT2D eigenvalue weighted by Gasteiger charge is -2.32. The minimum atomic E-state index is 0.181. The van der Waals surface area contributed by atoms with Crippen molar-refractivity contribution >= 4 is 0 Å². The number of nitrogens with two attached hydrogens (primary N) is 1. The molecule has 1 aliphatic rings. The van der Waals surface area contributed by atoms with E-state index in [-0.39, 0.29) is 11.5 Å². The van der Waals surface area contributed by atoms with E-state index in [1.165, 1.54) is 19.3 Å². The Labute approximate surface area is 106 Å². The lowest BCUT2D eigenvalue weighted by molar-refractivity contribution is 0.116. The first-order valence-corrected chi connectivity index (χ1v) is 7.05. The smallest absolute Gasteiger partial charge is 0.0586 e. The number of likely N-dealkylation sites (tertiary alicyclic amines) is 1. The highest BCUT2D eigenvalue weighted by Gasteiger charge is 2.24. The van der Waals surface area contributed by atoms with Crippen LogP contribution in [-0.4, -0.2) is 41.8 Å². The number of aliphatic hydroxyl groups is 1. The van der Waals surface area contributed by atoms with Gasteiger partial charge in [0.1, 0.15) is 0 Å². The van der Waals surface area contributed by atoms with E-state index in [0.29, 0.717) is 12.6 Å². The van der Waals surface area contributed by atoms with Crippen molar-refractivity contribution in [2.24, 2.45) is 11.1 Å². The number of hydrogen-bond acceptors (Lipinski definition) is 3. The molecule has 0 aromatic rings. The lowest BCUT2D eigenvalue weighted by Crippen LogP contribution is -2.43. The van der Waals surface area contributed by atoms with Gasteiger partial charge in [-0.15, -0.1) is 0 Å². The molecular formula is C14H30N2O. The molecule has 1 heterocycles. The highest BCUT2D eigenvalue weighted by atomic mass is 16.3. The molecule has 1 fully saturated rings. The maximum absolute atomic E-state index is 9.44. The number of aliphatic hydroxyl groups excluding tert-OH is 1. The van der Waals surface area contributed by atoms with Crippen LogP contribution in [0.4, 0.5) is 0 Å². The Morgan fingerprint density at radius 1 is 1.29 bits per heavy atom. The van der Waals surface area contributed by atoms with Crippen molar-refractivity contribution in [1.29, 1.82) is 0 Å². The summed E-state index contributed by atoms with van der Waals surface area (Å²) in [7, 11) is 0. The molecule has 0 bridgehead atoms. The van der Waals surface area contributed by atoms with Crippen molar-refractivity contribution in [3.05, 3.63) is 0 Å². The molecule has 0 aromatic carbocycles. The topological polar surface area (TPSA) is 49.5 Å². The van der Waals surface area contributed by atoms with Crippen molar-refractivity contribution < 1.29 is 5.11 Å². The summed E-state index contributed by atoms with van der Waals surface area (Å²) < 4.78 is 0. The van der Waals surface area contributed by atoms with Crippen LogP contribution in [0.15, 0.2) is 0 Å². The van der Waals surface area contributed by atoms with Crippen molar-refractivity contribution in [1.82, 2.24) is 4.90 Å². The predicted octanol–water partition coefficient (Wildman–Crippen LogP) is 1.99. The quantitative estimate of drug-likeness (QED) is 0.792. The van der Waals surface area contributed by atoms with Gasteiger partial charge in [0, 0.05) is 18.6 Å². The predicted molar refractivity (Wildman–Crippen MR) is 73.0 cm³/mol. The van der Waals surface area contributed by atoms with Gasteiger partial charge in [-0.25, -0.2) is 0 Å². The molecule has 0 amide bonds. The van der Waals surface area contributed by atoms with Crippen LogP contribution in [0.2, 0.25) is 0 Å². The Morgan fingerprint density at radius 2 is 2.00 bits per heavy atom. The second kappa shape index (κ2) is 6.72. The van der Waals surface area contributed by atoms with Crippen LogP contribution in [0.1, 0.15) is 52.9 Å². The van der Waals surface area contributed by atoms with Gasteiger partial charge in [0.05, 0.1) is 6.61 Å². The lowest BCUT2D eigenvalue weighted by atomic mass is 9.85. The van der Waals surface area contributed by atoms with Crippen LogP contribution in [0.3, 0.4) is 0 Å². The fourth-order valence-corrected chi connectivity index (χ4v) is 2.48. The highest BCUT2D eigenvalue weighted by molar-refractivity contribution is 4.81. The number of hydrogen-bond donors (Lipinski definition) is 2. The zero-order valence-corrected chi connectivity index (χ0v) is 11.8. The summed E-state index contributed by atoms with van der Waals surface area (Å²) in [5.74, 6) is 0. The van der Waals surface area contributed by atoms with Gasteiger partial charge in [0.15, 0.2) is 0 Å². The molecule has 3 heteroatoms. The molecule has 0 aliphatic carbocycles. The van der Waals surface area contributed by atoms with Gasteiger partial charge in [-0.2, -0.15) is 0 Å². The van der Waals surface area contributed by atoms with Crippen LogP contribution >= 0.6 is 0 Å². The molecule has 17 heavy (non-hydrogen) atoms. The molecular weight excluding hydrogens is 212 g/mol. The first-order chi connectivity index (χ1) is 7.95. The van der Waals surface area contributed by atoms with Crippen molar-refractivity contribution in [2.75, 3.05) is 19.7 Å². The normalized spacial score (nSPS) is 25.6. The molecule has 3 N–H and O–H groups in total. The van der Waals surface area contributed by atoms with E-state index in [0.717, 1.165) is 25.9 Å². The van der Waals surface area contributed by atoms with E-state index >= 15 is 0 Å². The van der Waals surface area contributed by atoms with Gasteiger partial charge >= 0.3 is 0 Å². The molecule has 102 valence electrons. The summed E-state index contributed by atoms with van der Waals surface area (Å²) in [6.45, 7) is 9.05. The summed E-state index contributed by atoms with van der Waals surface area (Å²) in [5, 5.41) is 9.44. The van der Waals surface area contributed by atoms with Gasteiger partial charge in [0.25, 0.3) is 0 Å². The standard InChI is InChI=1S/C14H30N2O/c1-14(2,3)13(15)8-10-16-9-6-4-5-7-12(16)11-17/h12-13,17H,4-11,15H2,1-3H3. The van der Waals surface area contributed by atoms with Crippen molar-refractivity contribution in [3.63, 3.8) is 0 Å². The molecule has 1 aliphatic heterocycles. The average Bonchev–Trinajstić information content (AvgIpc) is 2.48. The molecule has 1 rings (SSSR count). The zero-order valence-electron chi connectivity index (χ0n) is 11.8. The Kier molecular flexibility index (Phi) is 5.90. The molecule has 0 spiro atoms. The SMILES string of the molecule is CC(C)(C)C(N)CCN1CCCCCC1CO. The highest BCUT2D eigenvalue weighted by Crippen LogP contribution is 2.22. The fraction of sp³-hybridized carbons (Fsp3) is 1.00.